The molecule has 1 amide bonds. The van der Waals surface area contributed by atoms with Crippen molar-refractivity contribution in [2.24, 2.45) is 5.92 Å². The van der Waals surface area contributed by atoms with E-state index in [9.17, 15) is 4.79 Å². The summed E-state index contributed by atoms with van der Waals surface area (Å²) in [5.41, 5.74) is 1.87. The van der Waals surface area contributed by atoms with Gasteiger partial charge in [-0.1, -0.05) is 87.2 Å². The van der Waals surface area contributed by atoms with Crippen LogP contribution in [0.5, 0.6) is 11.6 Å². The maximum absolute atomic E-state index is 14.1. The lowest BCUT2D eigenvalue weighted by Crippen LogP contribution is -2.39. The summed E-state index contributed by atoms with van der Waals surface area (Å²) < 4.78 is 8.23. The van der Waals surface area contributed by atoms with Crippen LogP contribution in [0.3, 0.4) is 0 Å². The topological polar surface area (TPSA) is 59.4 Å². The van der Waals surface area contributed by atoms with Gasteiger partial charge in [0.1, 0.15) is 5.75 Å². The second-order valence-corrected chi connectivity index (χ2v) is 12.3. The van der Waals surface area contributed by atoms with Gasteiger partial charge in [0.15, 0.2) is 5.69 Å². The summed E-state index contributed by atoms with van der Waals surface area (Å²) in [6, 6.07) is 15.2. The lowest BCUT2D eigenvalue weighted by Gasteiger charge is -2.31. The molecule has 1 aliphatic heterocycles. The third kappa shape index (κ3) is 7.65. The largest absolute Gasteiger partial charge is 0.439 e. The van der Waals surface area contributed by atoms with Crippen LogP contribution < -0.4 is 10.1 Å². The van der Waals surface area contributed by atoms with Gasteiger partial charge in [-0.3, -0.25) is 4.79 Å². The molecule has 8 heteroatoms. The second kappa shape index (κ2) is 14.6. The number of amides is 1. The number of para-hydroxylation sites is 1. The Kier molecular flexibility index (Phi) is 10.6. The Morgan fingerprint density at radius 1 is 0.951 bits per heavy atom. The van der Waals surface area contributed by atoms with Gasteiger partial charge in [-0.25, -0.2) is 0 Å². The van der Waals surface area contributed by atoms with Crippen LogP contribution in [0.1, 0.15) is 93.6 Å². The van der Waals surface area contributed by atoms with E-state index in [1.807, 2.05) is 41.3 Å². The number of carbonyl (C=O) groups excluding carboxylic acids is 1. The molecule has 0 unspecified atom stereocenters. The normalized spacial score (nSPS) is 17.3. The van der Waals surface area contributed by atoms with Crippen molar-refractivity contribution in [1.29, 1.82) is 0 Å². The number of benzene rings is 2. The van der Waals surface area contributed by atoms with Crippen LogP contribution in [0.25, 0.3) is 5.69 Å². The molecule has 41 heavy (non-hydrogen) atoms. The first-order valence-electron chi connectivity index (χ1n) is 15.4. The number of hydrogen-bond donors (Lipinski definition) is 1. The number of ether oxygens (including phenoxy) is 1. The molecule has 5 rings (SSSR count). The van der Waals surface area contributed by atoms with Gasteiger partial charge in [-0.05, 0) is 68.0 Å². The van der Waals surface area contributed by atoms with Crippen molar-refractivity contribution in [3.8, 4) is 17.3 Å². The van der Waals surface area contributed by atoms with Crippen LogP contribution in [0.2, 0.25) is 10.0 Å². The van der Waals surface area contributed by atoms with Crippen LogP contribution in [0.15, 0.2) is 48.5 Å². The molecule has 0 radical (unpaired) electrons. The van der Waals surface area contributed by atoms with Gasteiger partial charge in [0.2, 0.25) is 5.88 Å². The number of nitrogens with one attached hydrogen (secondary N) is 1. The minimum atomic E-state index is -0.0406. The van der Waals surface area contributed by atoms with Crippen molar-refractivity contribution in [2.75, 3.05) is 13.1 Å². The van der Waals surface area contributed by atoms with Crippen molar-refractivity contribution in [3.63, 3.8) is 0 Å². The lowest BCUT2D eigenvalue weighted by molar-refractivity contribution is 0.0678. The van der Waals surface area contributed by atoms with Gasteiger partial charge in [-0.2, -0.15) is 9.78 Å². The van der Waals surface area contributed by atoms with Gasteiger partial charge in [0, 0.05) is 30.7 Å². The van der Waals surface area contributed by atoms with Crippen molar-refractivity contribution in [2.45, 2.75) is 90.1 Å². The average Bonchev–Trinajstić information content (AvgIpc) is 3.31. The number of likely N-dealkylation sites (tertiary alicyclic amines) is 1. The van der Waals surface area contributed by atoms with Gasteiger partial charge >= 0.3 is 0 Å². The van der Waals surface area contributed by atoms with Crippen LogP contribution in [0, 0.1) is 5.92 Å². The summed E-state index contributed by atoms with van der Waals surface area (Å²) in [6.07, 6.45) is 13.1. The van der Waals surface area contributed by atoms with Crippen LogP contribution in [0.4, 0.5) is 0 Å². The van der Waals surface area contributed by atoms with E-state index in [-0.39, 0.29) is 5.91 Å². The van der Waals surface area contributed by atoms with E-state index < -0.39 is 0 Å². The third-order valence-corrected chi connectivity index (χ3v) is 9.09. The highest BCUT2D eigenvalue weighted by Crippen LogP contribution is 2.35. The first-order valence-corrected chi connectivity index (χ1v) is 16.1. The standard InChI is InChI=1S/C33H42Cl2N4O2/c1-2-10-24-19-21-38(22-20-24)32(40)31-28(23-36-26-11-6-4-3-5-7-12-26)33(41-27-17-15-25(34)16-18-27)39(37-31)30-14-9-8-13-29(30)35/h8-9,13-18,24,26,36H,2-7,10-12,19-23H2,1H3. The van der Waals surface area contributed by atoms with Crippen molar-refractivity contribution in [3.05, 3.63) is 69.8 Å². The highest BCUT2D eigenvalue weighted by atomic mass is 35.5. The number of halogens is 2. The molecule has 0 bridgehead atoms. The molecule has 1 saturated carbocycles. The molecule has 220 valence electrons. The fourth-order valence-electron chi connectivity index (χ4n) is 6.16. The van der Waals surface area contributed by atoms with Crippen LogP contribution in [-0.4, -0.2) is 39.7 Å². The number of piperidine rings is 1. The summed E-state index contributed by atoms with van der Waals surface area (Å²) in [5, 5.41) is 9.88. The van der Waals surface area contributed by atoms with E-state index in [1.54, 1.807) is 16.8 Å². The van der Waals surface area contributed by atoms with Crippen molar-refractivity contribution in [1.82, 2.24) is 20.0 Å². The molecule has 6 nitrogen and oxygen atoms in total. The Hall–Kier alpha value is -2.54. The van der Waals surface area contributed by atoms with Crippen molar-refractivity contribution >= 4 is 29.1 Å². The maximum atomic E-state index is 14.1. The SMILES string of the molecule is CCCC1CCN(C(=O)c2nn(-c3ccccc3Cl)c(Oc3ccc(Cl)cc3)c2CNC2CCCCCCC2)CC1. The van der Waals surface area contributed by atoms with Crippen LogP contribution in [-0.2, 0) is 6.54 Å². The quantitative estimate of drug-likeness (QED) is 0.268. The summed E-state index contributed by atoms with van der Waals surface area (Å²) in [7, 11) is 0. The number of rotatable bonds is 9. The molecule has 2 aliphatic rings. The molecule has 2 heterocycles. The Labute approximate surface area is 254 Å². The Morgan fingerprint density at radius 3 is 2.32 bits per heavy atom. The maximum Gasteiger partial charge on any atom is 0.274 e. The minimum absolute atomic E-state index is 0.0406. The predicted molar refractivity (Wildman–Crippen MR) is 167 cm³/mol. The molecule has 1 aromatic heterocycles. The summed E-state index contributed by atoms with van der Waals surface area (Å²) in [6.45, 7) is 4.23. The average molecular weight is 598 g/mol. The fraction of sp³-hybridized carbons (Fsp3) is 0.515. The van der Waals surface area contributed by atoms with Gasteiger partial charge in [0.05, 0.1) is 16.3 Å². The summed E-state index contributed by atoms with van der Waals surface area (Å²) in [4.78, 5) is 16.1. The molecule has 0 spiro atoms. The smallest absolute Gasteiger partial charge is 0.274 e. The Bertz CT molecular complexity index is 1280. The molecular formula is C33H42Cl2N4O2. The fourth-order valence-corrected chi connectivity index (χ4v) is 6.50. The minimum Gasteiger partial charge on any atom is -0.439 e. The third-order valence-electron chi connectivity index (χ3n) is 8.52. The monoisotopic (exact) mass is 596 g/mol. The van der Waals surface area contributed by atoms with E-state index in [0.717, 1.165) is 44.3 Å². The Morgan fingerprint density at radius 2 is 1.63 bits per heavy atom. The zero-order valence-corrected chi connectivity index (χ0v) is 25.6. The van der Waals surface area contributed by atoms with E-state index >= 15 is 0 Å². The molecule has 2 fully saturated rings. The molecule has 2 aromatic carbocycles. The molecule has 1 N–H and O–H groups in total. The number of hydrogen-bond acceptors (Lipinski definition) is 4. The lowest BCUT2D eigenvalue weighted by atomic mass is 9.92. The first kappa shape index (κ1) is 29.9. The molecular weight excluding hydrogens is 555 g/mol. The van der Waals surface area contributed by atoms with Gasteiger partial charge in [-0.15, -0.1) is 0 Å². The molecule has 3 aromatic rings. The van der Waals surface area contributed by atoms with E-state index in [1.165, 1.54) is 44.9 Å². The number of aromatic nitrogens is 2. The number of nitrogens with zero attached hydrogens (tertiary/aromatic N) is 3. The van der Waals surface area contributed by atoms with E-state index in [0.29, 0.717) is 51.6 Å². The summed E-state index contributed by atoms with van der Waals surface area (Å²) in [5.74, 6) is 1.77. The van der Waals surface area contributed by atoms with E-state index in [4.69, 9.17) is 33.0 Å². The highest BCUT2D eigenvalue weighted by molar-refractivity contribution is 6.32. The van der Waals surface area contributed by atoms with Gasteiger partial charge in [0.25, 0.3) is 5.91 Å². The first-order chi connectivity index (χ1) is 20.0. The predicted octanol–water partition coefficient (Wildman–Crippen LogP) is 8.83. The van der Waals surface area contributed by atoms with Gasteiger partial charge < -0.3 is 15.0 Å². The summed E-state index contributed by atoms with van der Waals surface area (Å²) >= 11 is 12.8. The Balaban J connectivity index is 1.53. The highest BCUT2D eigenvalue weighted by Gasteiger charge is 2.31. The molecule has 1 aliphatic carbocycles. The number of carbonyl (C=O) groups is 1. The van der Waals surface area contributed by atoms with Crippen molar-refractivity contribution < 1.29 is 9.53 Å². The second-order valence-electron chi connectivity index (χ2n) is 11.5. The zero-order valence-electron chi connectivity index (χ0n) is 24.1. The molecule has 1 saturated heterocycles. The van der Waals surface area contributed by atoms with Crippen LogP contribution >= 0.6 is 23.2 Å². The zero-order chi connectivity index (χ0) is 28.6. The van der Waals surface area contributed by atoms with E-state index in [2.05, 4.69) is 12.2 Å². The molecule has 0 atom stereocenters.